The van der Waals surface area contributed by atoms with Crippen LogP contribution in [0.5, 0.6) is 0 Å². The number of nitrogens with one attached hydrogen (secondary N) is 1. The van der Waals surface area contributed by atoms with Crippen LogP contribution in [-0.4, -0.2) is 11.0 Å². The lowest BCUT2D eigenvalue weighted by Gasteiger charge is -2.28. The second kappa shape index (κ2) is 3.72. The van der Waals surface area contributed by atoms with Crippen LogP contribution in [0.1, 0.15) is 33.1 Å². The molecule has 0 saturated heterocycles. The van der Waals surface area contributed by atoms with E-state index in [0.717, 1.165) is 5.82 Å². The van der Waals surface area contributed by atoms with E-state index in [4.69, 9.17) is 5.73 Å². The molecule has 3 nitrogen and oxygen atoms in total. The number of nitrogens with zero attached hydrogens (tertiary/aromatic N) is 1. The molecule has 1 unspecified atom stereocenters. The molecule has 1 aromatic heterocycles. The SMILES string of the molecule is CC1(C)CCCC1Nc1cccc(N)n1. The molecule has 1 atom stereocenters. The predicted octanol–water partition coefficient (Wildman–Crippen LogP) is 2.65. The zero-order valence-corrected chi connectivity index (χ0v) is 9.46. The van der Waals surface area contributed by atoms with Crippen LogP contribution in [0.15, 0.2) is 18.2 Å². The van der Waals surface area contributed by atoms with Gasteiger partial charge in [0.15, 0.2) is 0 Å². The molecule has 2 rings (SSSR count). The molecule has 0 spiro atoms. The van der Waals surface area contributed by atoms with E-state index in [1.807, 2.05) is 18.2 Å². The lowest BCUT2D eigenvalue weighted by molar-refractivity contribution is 0.349. The summed E-state index contributed by atoms with van der Waals surface area (Å²) in [5, 5.41) is 3.48. The van der Waals surface area contributed by atoms with Crippen LogP contribution < -0.4 is 11.1 Å². The maximum Gasteiger partial charge on any atom is 0.128 e. The van der Waals surface area contributed by atoms with Crippen molar-refractivity contribution in [1.29, 1.82) is 0 Å². The summed E-state index contributed by atoms with van der Waals surface area (Å²) in [6.07, 6.45) is 3.81. The van der Waals surface area contributed by atoms with E-state index in [-0.39, 0.29) is 0 Å². The number of nitrogens with two attached hydrogens (primary N) is 1. The van der Waals surface area contributed by atoms with Gasteiger partial charge >= 0.3 is 0 Å². The highest BCUT2D eigenvalue weighted by atomic mass is 15.0. The van der Waals surface area contributed by atoms with Crippen molar-refractivity contribution in [3.63, 3.8) is 0 Å². The average Bonchev–Trinajstić information content (AvgIpc) is 2.46. The molecule has 0 amide bonds. The van der Waals surface area contributed by atoms with Crippen LogP contribution in [0, 0.1) is 5.41 Å². The fourth-order valence-corrected chi connectivity index (χ4v) is 2.30. The first-order valence-corrected chi connectivity index (χ1v) is 5.57. The lowest BCUT2D eigenvalue weighted by Crippen LogP contribution is -2.31. The van der Waals surface area contributed by atoms with Crippen molar-refractivity contribution in [1.82, 2.24) is 4.98 Å². The zero-order valence-electron chi connectivity index (χ0n) is 9.46. The minimum atomic E-state index is 0.367. The summed E-state index contributed by atoms with van der Waals surface area (Å²) in [7, 11) is 0. The van der Waals surface area contributed by atoms with E-state index in [1.54, 1.807) is 0 Å². The summed E-state index contributed by atoms with van der Waals surface area (Å²) in [5.74, 6) is 1.48. The van der Waals surface area contributed by atoms with Crippen LogP contribution in [-0.2, 0) is 0 Å². The molecule has 0 aromatic carbocycles. The molecule has 0 aliphatic heterocycles. The number of anilines is 2. The van der Waals surface area contributed by atoms with Crippen molar-refractivity contribution in [3.05, 3.63) is 18.2 Å². The predicted molar refractivity (Wildman–Crippen MR) is 63.7 cm³/mol. The maximum atomic E-state index is 5.65. The van der Waals surface area contributed by atoms with E-state index in [2.05, 4.69) is 24.1 Å². The molecule has 1 fully saturated rings. The minimum Gasteiger partial charge on any atom is -0.384 e. The molecule has 0 bridgehead atoms. The molecule has 82 valence electrons. The number of nitrogen functional groups attached to an aromatic ring is 1. The smallest absolute Gasteiger partial charge is 0.128 e. The van der Waals surface area contributed by atoms with Gasteiger partial charge in [-0.05, 0) is 30.4 Å². The first kappa shape index (κ1) is 10.3. The van der Waals surface area contributed by atoms with Gasteiger partial charge in [0.25, 0.3) is 0 Å². The fraction of sp³-hybridized carbons (Fsp3) is 0.583. The number of rotatable bonds is 2. The first-order chi connectivity index (χ1) is 7.08. The topological polar surface area (TPSA) is 50.9 Å². The second-order valence-electron chi connectivity index (χ2n) is 5.03. The zero-order chi connectivity index (χ0) is 10.9. The Morgan fingerprint density at radius 3 is 2.87 bits per heavy atom. The van der Waals surface area contributed by atoms with Gasteiger partial charge in [-0.25, -0.2) is 4.98 Å². The van der Waals surface area contributed by atoms with Gasteiger partial charge in [0.1, 0.15) is 11.6 Å². The quantitative estimate of drug-likeness (QED) is 0.780. The summed E-state index contributed by atoms with van der Waals surface area (Å²) in [6.45, 7) is 4.62. The summed E-state index contributed by atoms with van der Waals surface area (Å²) >= 11 is 0. The Labute approximate surface area is 91.1 Å². The summed E-state index contributed by atoms with van der Waals surface area (Å²) in [5.41, 5.74) is 6.02. The maximum absolute atomic E-state index is 5.65. The number of aromatic nitrogens is 1. The normalized spacial score (nSPS) is 24.0. The van der Waals surface area contributed by atoms with Gasteiger partial charge in [0.2, 0.25) is 0 Å². The van der Waals surface area contributed by atoms with E-state index >= 15 is 0 Å². The van der Waals surface area contributed by atoms with Gasteiger partial charge in [0.05, 0.1) is 0 Å². The standard InChI is InChI=1S/C12H19N3/c1-12(2)8-4-5-9(12)14-11-7-3-6-10(13)15-11/h3,6-7,9H,4-5,8H2,1-2H3,(H3,13,14,15). The Morgan fingerprint density at radius 1 is 1.47 bits per heavy atom. The molecule has 15 heavy (non-hydrogen) atoms. The molecule has 1 saturated carbocycles. The van der Waals surface area contributed by atoms with Gasteiger partial charge in [-0.3, -0.25) is 0 Å². The van der Waals surface area contributed by atoms with E-state index in [9.17, 15) is 0 Å². The van der Waals surface area contributed by atoms with Crippen molar-refractivity contribution in [2.24, 2.45) is 5.41 Å². The van der Waals surface area contributed by atoms with Crippen LogP contribution in [0.2, 0.25) is 0 Å². The third-order valence-electron chi connectivity index (χ3n) is 3.35. The van der Waals surface area contributed by atoms with Crippen molar-refractivity contribution in [2.75, 3.05) is 11.1 Å². The van der Waals surface area contributed by atoms with Crippen LogP contribution in [0.4, 0.5) is 11.6 Å². The van der Waals surface area contributed by atoms with Crippen LogP contribution >= 0.6 is 0 Å². The van der Waals surface area contributed by atoms with Crippen molar-refractivity contribution in [3.8, 4) is 0 Å². The molecule has 1 aliphatic rings. The third kappa shape index (κ3) is 2.22. The van der Waals surface area contributed by atoms with Gasteiger partial charge in [-0.2, -0.15) is 0 Å². The molecular weight excluding hydrogens is 186 g/mol. The Bertz CT molecular complexity index is 346. The van der Waals surface area contributed by atoms with Gasteiger partial charge < -0.3 is 11.1 Å². The summed E-state index contributed by atoms with van der Waals surface area (Å²) < 4.78 is 0. The van der Waals surface area contributed by atoms with Crippen molar-refractivity contribution in [2.45, 2.75) is 39.2 Å². The Balaban J connectivity index is 2.09. The molecular formula is C12H19N3. The molecule has 1 aliphatic carbocycles. The number of pyridine rings is 1. The van der Waals surface area contributed by atoms with E-state index < -0.39 is 0 Å². The first-order valence-electron chi connectivity index (χ1n) is 5.57. The van der Waals surface area contributed by atoms with Gasteiger partial charge in [0, 0.05) is 6.04 Å². The monoisotopic (exact) mass is 205 g/mol. The highest BCUT2D eigenvalue weighted by molar-refractivity contribution is 5.43. The van der Waals surface area contributed by atoms with Crippen LogP contribution in [0.3, 0.4) is 0 Å². The fourth-order valence-electron chi connectivity index (χ4n) is 2.30. The Morgan fingerprint density at radius 2 is 2.27 bits per heavy atom. The molecule has 3 N–H and O–H groups in total. The number of hydrogen-bond donors (Lipinski definition) is 2. The molecule has 1 heterocycles. The van der Waals surface area contributed by atoms with E-state index in [0.29, 0.717) is 17.3 Å². The van der Waals surface area contributed by atoms with Crippen molar-refractivity contribution < 1.29 is 0 Å². The molecule has 0 radical (unpaired) electrons. The van der Waals surface area contributed by atoms with E-state index in [1.165, 1.54) is 19.3 Å². The second-order valence-corrected chi connectivity index (χ2v) is 5.03. The van der Waals surface area contributed by atoms with Gasteiger partial charge in [-0.15, -0.1) is 0 Å². The Kier molecular flexibility index (Phi) is 2.55. The van der Waals surface area contributed by atoms with Gasteiger partial charge in [-0.1, -0.05) is 26.3 Å². The largest absolute Gasteiger partial charge is 0.384 e. The molecule has 3 heteroatoms. The highest BCUT2D eigenvalue weighted by Gasteiger charge is 2.34. The number of hydrogen-bond acceptors (Lipinski definition) is 3. The third-order valence-corrected chi connectivity index (χ3v) is 3.35. The average molecular weight is 205 g/mol. The lowest BCUT2D eigenvalue weighted by atomic mass is 9.87. The molecule has 1 aromatic rings. The van der Waals surface area contributed by atoms with Crippen molar-refractivity contribution >= 4 is 11.6 Å². The summed E-state index contributed by atoms with van der Waals surface area (Å²) in [6, 6.07) is 6.24. The Hall–Kier alpha value is -1.25. The highest BCUT2D eigenvalue weighted by Crippen LogP contribution is 2.38. The summed E-state index contributed by atoms with van der Waals surface area (Å²) in [4.78, 5) is 4.27. The minimum absolute atomic E-state index is 0.367. The van der Waals surface area contributed by atoms with Crippen LogP contribution in [0.25, 0.3) is 0 Å².